The highest BCUT2D eigenvalue weighted by Crippen LogP contribution is 2.34. The molecule has 0 saturated carbocycles. The molecule has 0 atom stereocenters. The molecule has 0 aromatic heterocycles. The number of benzene rings is 2. The number of aromatic hydroxyl groups is 1. The summed E-state index contributed by atoms with van der Waals surface area (Å²) in [6.45, 7) is 1.70. The van der Waals surface area contributed by atoms with E-state index in [2.05, 4.69) is 5.10 Å². The molecule has 7 nitrogen and oxygen atoms in total. The highest BCUT2D eigenvalue weighted by atomic mass is 127. The summed E-state index contributed by atoms with van der Waals surface area (Å²) in [5, 5.41) is 24.5. The topological polar surface area (TPSA) is 99.4 Å². The summed E-state index contributed by atoms with van der Waals surface area (Å²) in [6, 6.07) is 9.37. The van der Waals surface area contributed by atoms with E-state index in [1.165, 1.54) is 24.3 Å². The molecule has 1 aliphatic rings. The maximum Gasteiger partial charge on any atom is 0.335 e. The van der Waals surface area contributed by atoms with Crippen molar-refractivity contribution in [3.63, 3.8) is 0 Å². The van der Waals surface area contributed by atoms with Crippen LogP contribution in [-0.4, -0.2) is 34.9 Å². The van der Waals surface area contributed by atoms with E-state index in [0.717, 1.165) is 0 Å². The van der Waals surface area contributed by atoms with Gasteiger partial charge in [-0.1, -0.05) is 6.07 Å². The van der Waals surface area contributed by atoms with Gasteiger partial charge in [0.05, 0.1) is 33.2 Å². The molecule has 0 fully saturated rings. The molecule has 3 rings (SSSR count). The zero-order chi connectivity index (χ0) is 19.7. The van der Waals surface area contributed by atoms with Crippen molar-refractivity contribution in [3.8, 4) is 11.5 Å². The predicted octanol–water partition coefficient (Wildman–Crippen LogP) is 3.51. The van der Waals surface area contributed by atoms with Crippen LogP contribution in [0.1, 0.15) is 22.8 Å². The quantitative estimate of drug-likeness (QED) is 0.518. The molecule has 1 amide bonds. The Kier molecular flexibility index (Phi) is 5.17. The van der Waals surface area contributed by atoms with Crippen LogP contribution in [0.4, 0.5) is 5.69 Å². The normalized spacial score (nSPS) is 15.2. The van der Waals surface area contributed by atoms with Gasteiger partial charge in [0, 0.05) is 0 Å². The van der Waals surface area contributed by atoms with Gasteiger partial charge in [-0.2, -0.15) is 10.1 Å². The number of ether oxygens (including phenoxy) is 1. The number of anilines is 1. The van der Waals surface area contributed by atoms with Crippen LogP contribution in [0.15, 0.2) is 47.1 Å². The Balaban J connectivity index is 1.99. The van der Waals surface area contributed by atoms with Crippen molar-refractivity contribution in [2.24, 2.45) is 5.10 Å². The minimum atomic E-state index is -1.08. The van der Waals surface area contributed by atoms with Crippen LogP contribution in [0, 0.1) is 3.57 Å². The molecule has 0 saturated heterocycles. The van der Waals surface area contributed by atoms with E-state index in [-0.39, 0.29) is 17.2 Å². The van der Waals surface area contributed by atoms with E-state index in [1.807, 2.05) is 22.6 Å². The highest BCUT2D eigenvalue weighted by Gasteiger charge is 2.29. The molecule has 0 radical (unpaired) electrons. The minimum absolute atomic E-state index is 0.0375. The first kappa shape index (κ1) is 18.9. The van der Waals surface area contributed by atoms with Gasteiger partial charge < -0.3 is 14.9 Å². The summed E-state index contributed by atoms with van der Waals surface area (Å²) in [5.41, 5.74) is 2.00. The Morgan fingerprint density at radius 1 is 1.30 bits per heavy atom. The second-order valence-electron chi connectivity index (χ2n) is 5.77. The van der Waals surface area contributed by atoms with Crippen molar-refractivity contribution in [1.82, 2.24) is 0 Å². The molecular formula is C19H15IN2O5. The smallest absolute Gasteiger partial charge is 0.335 e. The average Bonchev–Trinajstić information content (AvgIpc) is 2.92. The van der Waals surface area contributed by atoms with Gasteiger partial charge in [0.2, 0.25) is 0 Å². The number of carboxylic acids is 1. The van der Waals surface area contributed by atoms with Crippen LogP contribution in [0.25, 0.3) is 6.08 Å². The van der Waals surface area contributed by atoms with E-state index in [9.17, 15) is 14.7 Å². The zero-order valence-corrected chi connectivity index (χ0v) is 16.6. The number of phenols is 1. The average molecular weight is 478 g/mol. The molecule has 2 aromatic carbocycles. The Morgan fingerprint density at radius 2 is 2.04 bits per heavy atom. The van der Waals surface area contributed by atoms with Crippen molar-refractivity contribution in [2.45, 2.75) is 6.92 Å². The number of phenolic OH excluding ortho intramolecular Hbond substituents is 1. The summed E-state index contributed by atoms with van der Waals surface area (Å²) in [6.07, 6.45) is 1.66. The molecule has 0 aliphatic carbocycles. The fraction of sp³-hybridized carbons (Fsp3) is 0.105. The monoisotopic (exact) mass is 478 g/mol. The number of rotatable bonds is 4. The second kappa shape index (κ2) is 7.39. The lowest BCUT2D eigenvalue weighted by Crippen LogP contribution is -2.21. The van der Waals surface area contributed by atoms with E-state index in [4.69, 9.17) is 9.84 Å². The molecule has 27 heavy (non-hydrogen) atoms. The fourth-order valence-corrected chi connectivity index (χ4v) is 3.25. The number of hydrogen-bond acceptors (Lipinski definition) is 5. The summed E-state index contributed by atoms with van der Waals surface area (Å²) in [7, 11) is 1.45. The number of carboxylic acid groups (broad SMARTS) is 1. The molecule has 8 heteroatoms. The van der Waals surface area contributed by atoms with Crippen molar-refractivity contribution < 1.29 is 24.5 Å². The third-order valence-corrected chi connectivity index (χ3v) is 4.80. The number of amides is 1. The lowest BCUT2D eigenvalue weighted by atomic mass is 10.1. The molecule has 0 unspecified atom stereocenters. The first-order valence-electron chi connectivity index (χ1n) is 7.83. The number of carbonyl (C=O) groups is 2. The summed E-state index contributed by atoms with van der Waals surface area (Å²) >= 11 is 1.98. The van der Waals surface area contributed by atoms with Crippen LogP contribution >= 0.6 is 22.6 Å². The van der Waals surface area contributed by atoms with Gasteiger partial charge >= 0.3 is 5.97 Å². The molecule has 138 valence electrons. The Morgan fingerprint density at radius 3 is 2.70 bits per heavy atom. The maximum absolute atomic E-state index is 12.8. The molecule has 2 aromatic rings. The highest BCUT2D eigenvalue weighted by molar-refractivity contribution is 14.1. The number of methoxy groups -OCH3 is 1. The van der Waals surface area contributed by atoms with Gasteiger partial charge in [-0.3, -0.25) is 4.79 Å². The zero-order valence-electron chi connectivity index (χ0n) is 14.4. The van der Waals surface area contributed by atoms with Crippen LogP contribution in [0.2, 0.25) is 0 Å². The van der Waals surface area contributed by atoms with Crippen molar-refractivity contribution in [1.29, 1.82) is 0 Å². The van der Waals surface area contributed by atoms with E-state index in [1.54, 1.807) is 37.3 Å². The Labute approximate surface area is 168 Å². The standard InChI is InChI=1S/C19H15IN2O5/c1-10-14(6-11-7-15(20)17(23)16(8-11)27-2)18(24)22(21-10)13-5-3-4-12(9-13)19(25)26/h3-9,23H,1-2H3,(H,25,26)/b14-6+. The minimum Gasteiger partial charge on any atom is -0.504 e. The largest absolute Gasteiger partial charge is 0.504 e. The number of halogens is 1. The lowest BCUT2D eigenvalue weighted by Gasteiger charge is -2.12. The first-order chi connectivity index (χ1) is 12.8. The van der Waals surface area contributed by atoms with Gasteiger partial charge in [-0.25, -0.2) is 4.79 Å². The SMILES string of the molecule is COc1cc(/C=C2/C(=O)N(c3cccc(C(=O)O)c3)N=C2C)cc(I)c1O. The van der Waals surface area contributed by atoms with Crippen LogP contribution in [0.5, 0.6) is 11.5 Å². The van der Waals surface area contributed by atoms with Crippen LogP contribution in [0.3, 0.4) is 0 Å². The van der Waals surface area contributed by atoms with Gasteiger partial charge in [-0.15, -0.1) is 0 Å². The Hall–Kier alpha value is -2.88. The maximum atomic E-state index is 12.8. The second-order valence-corrected chi connectivity index (χ2v) is 6.93. The van der Waals surface area contributed by atoms with Gasteiger partial charge in [0.1, 0.15) is 0 Å². The molecule has 2 N–H and O–H groups in total. The molecule has 1 aliphatic heterocycles. The first-order valence-corrected chi connectivity index (χ1v) is 8.91. The molecular weight excluding hydrogens is 463 g/mol. The van der Waals surface area contributed by atoms with Crippen molar-refractivity contribution in [3.05, 3.63) is 56.7 Å². The van der Waals surface area contributed by atoms with Crippen LogP contribution < -0.4 is 9.75 Å². The number of aromatic carboxylic acids is 1. The van der Waals surface area contributed by atoms with Gasteiger partial charge in [0.15, 0.2) is 11.5 Å². The third-order valence-electron chi connectivity index (χ3n) is 3.98. The lowest BCUT2D eigenvalue weighted by molar-refractivity contribution is -0.114. The summed E-state index contributed by atoms with van der Waals surface area (Å²) in [4.78, 5) is 24.0. The van der Waals surface area contributed by atoms with Crippen molar-refractivity contribution >= 4 is 51.9 Å². The fourth-order valence-electron chi connectivity index (χ4n) is 2.63. The van der Waals surface area contributed by atoms with Gasteiger partial charge in [-0.05, 0) is 71.5 Å². The predicted molar refractivity (Wildman–Crippen MR) is 109 cm³/mol. The molecule has 0 spiro atoms. The third kappa shape index (κ3) is 3.65. The number of nitrogens with zero attached hydrogens (tertiary/aromatic N) is 2. The molecule has 1 heterocycles. The number of hydrazone groups is 1. The van der Waals surface area contributed by atoms with E-state index in [0.29, 0.717) is 31.9 Å². The molecule has 0 bridgehead atoms. The van der Waals surface area contributed by atoms with Crippen molar-refractivity contribution in [2.75, 3.05) is 12.1 Å². The number of hydrogen-bond donors (Lipinski definition) is 2. The Bertz CT molecular complexity index is 1010. The number of carbonyl (C=O) groups excluding carboxylic acids is 1. The van der Waals surface area contributed by atoms with Crippen LogP contribution in [-0.2, 0) is 4.79 Å². The van der Waals surface area contributed by atoms with E-state index >= 15 is 0 Å². The summed E-state index contributed by atoms with van der Waals surface area (Å²) in [5.74, 6) is -1.10. The van der Waals surface area contributed by atoms with E-state index < -0.39 is 5.97 Å². The summed E-state index contributed by atoms with van der Waals surface area (Å²) < 4.78 is 5.73. The van der Waals surface area contributed by atoms with Gasteiger partial charge in [0.25, 0.3) is 5.91 Å².